The summed E-state index contributed by atoms with van der Waals surface area (Å²) in [7, 11) is 0. The quantitative estimate of drug-likeness (QED) is 0.731. The highest BCUT2D eigenvalue weighted by atomic mass is 19.1. The van der Waals surface area contributed by atoms with Gasteiger partial charge in [0.05, 0.1) is 5.56 Å². The van der Waals surface area contributed by atoms with Crippen LogP contribution in [0.3, 0.4) is 0 Å². The summed E-state index contributed by atoms with van der Waals surface area (Å²) in [5.74, 6) is 3.58. The number of phenols is 1. The molecule has 0 spiro atoms. The van der Waals surface area contributed by atoms with Gasteiger partial charge >= 0.3 is 0 Å². The van der Waals surface area contributed by atoms with E-state index in [4.69, 9.17) is 5.11 Å². The molecule has 5 nitrogen and oxygen atoms in total. The van der Waals surface area contributed by atoms with Crippen LogP contribution in [0.1, 0.15) is 16.1 Å². The zero-order valence-electron chi connectivity index (χ0n) is 10.8. The number of carbonyl (C=O) groups excluding carboxylic acids is 1. The van der Waals surface area contributed by atoms with E-state index in [9.17, 15) is 14.3 Å². The normalized spacial score (nSPS) is 9.62. The lowest BCUT2D eigenvalue weighted by Crippen LogP contribution is -2.13. The van der Waals surface area contributed by atoms with Gasteiger partial charge in [-0.15, -0.1) is 0 Å². The third kappa shape index (κ3) is 3.78. The number of hydrogen-bond donors (Lipinski definition) is 3. The second-order valence-corrected chi connectivity index (χ2v) is 3.98. The fourth-order valence-corrected chi connectivity index (χ4v) is 1.58. The largest absolute Gasteiger partial charge is 0.507 e. The second-order valence-electron chi connectivity index (χ2n) is 3.98. The number of rotatable bonds is 2. The van der Waals surface area contributed by atoms with Gasteiger partial charge in [0.1, 0.15) is 29.7 Å². The van der Waals surface area contributed by atoms with Gasteiger partial charge in [-0.05, 0) is 36.3 Å². The summed E-state index contributed by atoms with van der Waals surface area (Å²) in [6.45, 7) is -0.296. The summed E-state index contributed by atoms with van der Waals surface area (Å²) in [6.07, 6.45) is 0. The van der Waals surface area contributed by atoms with E-state index in [2.05, 4.69) is 22.1 Å². The fourth-order valence-electron chi connectivity index (χ4n) is 1.58. The lowest BCUT2D eigenvalue weighted by molar-refractivity contribution is 0.102. The molecule has 0 saturated carbocycles. The second kappa shape index (κ2) is 6.50. The maximum atomic E-state index is 13.1. The van der Waals surface area contributed by atoms with E-state index in [0.29, 0.717) is 5.69 Å². The number of hydrogen-bond acceptors (Lipinski definition) is 4. The summed E-state index contributed by atoms with van der Waals surface area (Å²) < 4.78 is 13.1. The van der Waals surface area contributed by atoms with Crippen LogP contribution < -0.4 is 5.32 Å². The molecule has 1 aromatic carbocycles. The predicted molar refractivity (Wildman–Crippen MR) is 74.2 cm³/mol. The molecule has 106 valence electrons. The van der Waals surface area contributed by atoms with Crippen molar-refractivity contribution >= 4 is 11.7 Å². The summed E-state index contributed by atoms with van der Waals surface area (Å²) in [6, 6.07) is 7.84. The Balaban J connectivity index is 2.21. The molecule has 0 saturated heterocycles. The van der Waals surface area contributed by atoms with Crippen molar-refractivity contribution in [1.82, 2.24) is 4.98 Å². The number of nitrogens with one attached hydrogen (secondary N) is 1. The summed E-state index contributed by atoms with van der Waals surface area (Å²) in [5, 5.41) is 20.6. The number of phenolic OH excluding ortho intramolecular Hbond substituents is 1. The molecule has 1 aromatic heterocycles. The maximum Gasteiger partial charge on any atom is 0.260 e. The number of aromatic nitrogens is 1. The molecule has 2 aromatic rings. The van der Waals surface area contributed by atoms with Crippen LogP contribution in [-0.4, -0.2) is 27.7 Å². The Bertz CT molecular complexity index is 735. The van der Waals surface area contributed by atoms with Gasteiger partial charge in [-0.3, -0.25) is 4.79 Å². The van der Waals surface area contributed by atoms with E-state index in [-0.39, 0.29) is 23.7 Å². The number of pyridine rings is 1. The van der Waals surface area contributed by atoms with Crippen molar-refractivity contribution in [3.8, 4) is 17.6 Å². The third-order valence-corrected chi connectivity index (χ3v) is 2.49. The summed E-state index contributed by atoms with van der Waals surface area (Å²) in [4.78, 5) is 16.0. The van der Waals surface area contributed by atoms with Gasteiger partial charge in [-0.1, -0.05) is 12.0 Å². The molecule has 3 N–H and O–H groups in total. The zero-order chi connectivity index (χ0) is 15.2. The van der Waals surface area contributed by atoms with Crippen molar-refractivity contribution < 1.29 is 19.4 Å². The number of aliphatic hydroxyl groups is 1. The van der Waals surface area contributed by atoms with E-state index in [1.165, 1.54) is 6.07 Å². The number of aliphatic hydroxyl groups excluding tert-OH is 1. The molecular formula is C15H11FN2O3. The monoisotopic (exact) mass is 286 g/mol. The molecule has 0 aliphatic rings. The first-order valence-electron chi connectivity index (χ1n) is 5.97. The van der Waals surface area contributed by atoms with Crippen molar-refractivity contribution in [2.24, 2.45) is 0 Å². The average molecular weight is 286 g/mol. The zero-order valence-corrected chi connectivity index (χ0v) is 10.8. The smallest absolute Gasteiger partial charge is 0.260 e. The van der Waals surface area contributed by atoms with Crippen LogP contribution in [0.15, 0.2) is 36.4 Å². The van der Waals surface area contributed by atoms with Gasteiger partial charge in [0, 0.05) is 0 Å². The van der Waals surface area contributed by atoms with Crippen molar-refractivity contribution in [1.29, 1.82) is 0 Å². The summed E-state index contributed by atoms with van der Waals surface area (Å²) in [5.41, 5.74) is 0.175. The Kier molecular flexibility index (Phi) is 4.49. The van der Waals surface area contributed by atoms with E-state index < -0.39 is 11.7 Å². The van der Waals surface area contributed by atoms with Gasteiger partial charge in [0.15, 0.2) is 0 Å². The van der Waals surface area contributed by atoms with Gasteiger partial charge in [-0.25, -0.2) is 9.37 Å². The Morgan fingerprint density at radius 1 is 1.33 bits per heavy atom. The lowest BCUT2D eigenvalue weighted by Gasteiger charge is -2.06. The van der Waals surface area contributed by atoms with Gasteiger partial charge in [0.2, 0.25) is 0 Å². The third-order valence-electron chi connectivity index (χ3n) is 2.49. The number of aromatic hydroxyl groups is 1. The number of benzene rings is 1. The van der Waals surface area contributed by atoms with Gasteiger partial charge < -0.3 is 15.5 Å². The van der Waals surface area contributed by atoms with Crippen molar-refractivity contribution in [3.05, 3.63) is 53.5 Å². The van der Waals surface area contributed by atoms with Crippen LogP contribution in [0, 0.1) is 17.7 Å². The SMILES string of the molecule is O=C(Nc1cccc(C#CCO)n1)c1cc(F)ccc1O. The Morgan fingerprint density at radius 2 is 2.14 bits per heavy atom. The molecular weight excluding hydrogens is 275 g/mol. The Morgan fingerprint density at radius 3 is 2.90 bits per heavy atom. The van der Waals surface area contributed by atoms with Crippen LogP contribution in [0.4, 0.5) is 10.2 Å². The number of carbonyl (C=O) groups is 1. The minimum atomic E-state index is -0.688. The highest BCUT2D eigenvalue weighted by Gasteiger charge is 2.13. The predicted octanol–water partition coefficient (Wildman–Crippen LogP) is 1.52. The maximum absolute atomic E-state index is 13.1. The van der Waals surface area contributed by atoms with Crippen LogP contribution in [0.5, 0.6) is 5.75 Å². The number of nitrogens with zero attached hydrogens (tertiary/aromatic N) is 1. The standard InChI is InChI=1S/C15H11FN2O3/c16-10-6-7-13(20)12(9-10)15(21)18-14-5-1-3-11(17-14)4-2-8-19/h1,3,5-7,9,19-20H,8H2,(H,17,18,21). The van der Waals surface area contributed by atoms with Crippen LogP contribution >= 0.6 is 0 Å². The molecule has 0 bridgehead atoms. The molecule has 2 rings (SSSR count). The average Bonchev–Trinajstić information content (AvgIpc) is 2.48. The number of halogens is 1. The van der Waals surface area contributed by atoms with Gasteiger partial charge in [0.25, 0.3) is 5.91 Å². The molecule has 0 atom stereocenters. The van der Waals surface area contributed by atoms with Crippen molar-refractivity contribution in [2.45, 2.75) is 0 Å². The van der Waals surface area contributed by atoms with E-state index in [0.717, 1.165) is 18.2 Å². The minimum absolute atomic E-state index is 0.191. The molecule has 21 heavy (non-hydrogen) atoms. The molecule has 0 unspecified atom stereocenters. The van der Waals surface area contributed by atoms with Crippen LogP contribution in [0.25, 0.3) is 0 Å². The topological polar surface area (TPSA) is 82.5 Å². The van der Waals surface area contributed by atoms with E-state index in [1.54, 1.807) is 12.1 Å². The molecule has 1 heterocycles. The first kappa shape index (κ1) is 14.5. The van der Waals surface area contributed by atoms with E-state index in [1.807, 2.05) is 0 Å². The highest BCUT2D eigenvalue weighted by Crippen LogP contribution is 2.19. The van der Waals surface area contributed by atoms with Crippen molar-refractivity contribution in [3.63, 3.8) is 0 Å². The first-order chi connectivity index (χ1) is 10.1. The highest BCUT2D eigenvalue weighted by molar-refractivity contribution is 6.05. The fraction of sp³-hybridized carbons (Fsp3) is 0.0667. The Labute approximate surface area is 120 Å². The lowest BCUT2D eigenvalue weighted by atomic mass is 10.2. The Hall–Kier alpha value is -2.91. The molecule has 0 radical (unpaired) electrons. The van der Waals surface area contributed by atoms with Crippen molar-refractivity contribution in [2.75, 3.05) is 11.9 Å². The van der Waals surface area contributed by atoms with Gasteiger partial charge in [-0.2, -0.15) is 0 Å². The summed E-state index contributed by atoms with van der Waals surface area (Å²) >= 11 is 0. The molecule has 0 aliphatic carbocycles. The van der Waals surface area contributed by atoms with Crippen LogP contribution in [-0.2, 0) is 0 Å². The first-order valence-corrected chi connectivity index (χ1v) is 5.97. The van der Waals surface area contributed by atoms with E-state index >= 15 is 0 Å². The molecule has 0 fully saturated rings. The number of anilines is 1. The molecule has 1 amide bonds. The minimum Gasteiger partial charge on any atom is -0.507 e. The molecule has 0 aliphatic heterocycles. The van der Waals surface area contributed by atoms with Crippen LogP contribution in [0.2, 0.25) is 0 Å². The number of amides is 1. The molecule has 6 heteroatoms.